The van der Waals surface area contributed by atoms with Gasteiger partial charge in [-0.05, 0) is 36.2 Å². The maximum atomic E-state index is 12.7. The molecule has 0 unspecified atom stereocenters. The van der Waals surface area contributed by atoms with Gasteiger partial charge in [0.2, 0.25) is 6.79 Å². The van der Waals surface area contributed by atoms with E-state index in [0.717, 1.165) is 0 Å². The van der Waals surface area contributed by atoms with Crippen LogP contribution in [0.1, 0.15) is 25.0 Å². The Morgan fingerprint density at radius 1 is 1.15 bits per heavy atom. The van der Waals surface area contributed by atoms with Gasteiger partial charge >= 0.3 is 12.1 Å². The summed E-state index contributed by atoms with van der Waals surface area (Å²) >= 11 is 3.89. The Balaban J connectivity index is 1.71. The topological polar surface area (TPSA) is 113 Å². The van der Waals surface area contributed by atoms with E-state index in [1.54, 1.807) is 36.4 Å². The van der Waals surface area contributed by atoms with E-state index in [1.165, 1.54) is 0 Å². The summed E-state index contributed by atoms with van der Waals surface area (Å²) in [5.41, 5.74) is 1.21. The standard InChI is InChI=1S/C23H27NO8S/c1-15(7-9-29-21(26)13-33)22(16-3-2-4-18(11-16)28-10-8-25)32-23(27)24-17-5-6-19-20(12-17)31-14-30-19/h2-6,11-12,15,22,25,33H,7-10,13-14H2,1H3,(H,24,27)/t15-,22+/m1/s1. The number of hydrogen-bond acceptors (Lipinski definition) is 9. The molecule has 3 rings (SSSR count). The number of amides is 1. The molecule has 0 aliphatic carbocycles. The first-order valence-electron chi connectivity index (χ1n) is 10.5. The quantitative estimate of drug-likeness (QED) is 0.333. The van der Waals surface area contributed by atoms with Gasteiger partial charge in [0.15, 0.2) is 11.5 Å². The minimum atomic E-state index is -0.653. The van der Waals surface area contributed by atoms with E-state index in [0.29, 0.717) is 34.9 Å². The van der Waals surface area contributed by atoms with E-state index in [1.807, 2.05) is 13.0 Å². The highest BCUT2D eigenvalue weighted by Gasteiger charge is 2.25. The SMILES string of the molecule is C[C@H](CCOC(=O)CS)[C@H](OC(=O)Nc1ccc2c(c1)OCO2)c1cccc(OCCO)c1. The number of fused-ring (bicyclic) bond motifs is 1. The van der Waals surface area contributed by atoms with Gasteiger partial charge in [-0.2, -0.15) is 12.6 Å². The molecule has 2 N–H and O–H groups in total. The molecule has 0 fully saturated rings. The molecule has 0 radical (unpaired) electrons. The summed E-state index contributed by atoms with van der Waals surface area (Å²) in [5, 5.41) is 11.7. The summed E-state index contributed by atoms with van der Waals surface area (Å²) in [6, 6.07) is 12.2. The number of nitrogens with one attached hydrogen (secondary N) is 1. The first kappa shape index (κ1) is 24.5. The number of thiol groups is 1. The van der Waals surface area contributed by atoms with Crippen molar-refractivity contribution >= 4 is 30.4 Å². The third kappa shape index (κ3) is 7.19. The van der Waals surface area contributed by atoms with Gasteiger partial charge in [0, 0.05) is 17.7 Å². The first-order valence-corrected chi connectivity index (χ1v) is 11.1. The minimum absolute atomic E-state index is 0.00348. The van der Waals surface area contributed by atoms with Crippen molar-refractivity contribution < 1.29 is 38.4 Å². The summed E-state index contributed by atoms with van der Waals surface area (Å²) in [6.45, 7) is 2.23. The van der Waals surface area contributed by atoms with E-state index in [-0.39, 0.29) is 38.3 Å². The molecule has 2 aromatic rings. The number of anilines is 1. The van der Waals surface area contributed by atoms with E-state index < -0.39 is 18.2 Å². The molecule has 0 saturated carbocycles. The Kier molecular flexibility index (Phi) is 9.08. The van der Waals surface area contributed by atoms with Crippen LogP contribution in [-0.2, 0) is 14.3 Å². The van der Waals surface area contributed by atoms with Crippen LogP contribution in [0.3, 0.4) is 0 Å². The Bertz CT molecular complexity index is 954. The normalized spacial score (nSPS) is 13.7. The summed E-state index contributed by atoms with van der Waals surface area (Å²) < 4.78 is 27.0. The Morgan fingerprint density at radius 3 is 2.76 bits per heavy atom. The number of esters is 1. The fraction of sp³-hybridized carbons (Fsp3) is 0.391. The van der Waals surface area contributed by atoms with E-state index in [4.69, 9.17) is 28.8 Å². The minimum Gasteiger partial charge on any atom is -0.491 e. The van der Waals surface area contributed by atoms with Crippen LogP contribution in [-0.4, -0.2) is 49.5 Å². The fourth-order valence-corrected chi connectivity index (χ4v) is 3.34. The van der Waals surface area contributed by atoms with Crippen molar-refractivity contribution in [3.05, 3.63) is 48.0 Å². The van der Waals surface area contributed by atoms with Crippen LogP contribution < -0.4 is 19.5 Å². The number of rotatable bonds is 11. The molecule has 0 spiro atoms. The second kappa shape index (κ2) is 12.2. The van der Waals surface area contributed by atoms with Crippen molar-refractivity contribution in [2.45, 2.75) is 19.4 Å². The molecule has 0 saturated heterocycles. The molecule has 0 aromatic heterocycles. The molecule has 1 aliphatic heterocycles. The van der Waals surface area contributed by atoms with E-state index in [9.17, 15) is 9.59 Å². The molecule has 10 heteroatoms. The van der Waals surface area contributed by atoms with E-state index >= 15 is 0 Å². The third-order valence-corrected chi connectivity index (χ3v) is 5.14. The summed E-state index contributed by atoms with van der Waals surface area (Å²) in [7, 11) is 0. The second-order valence-corrected chi connectivity index (χ2v) is 7.62. The van der Waals surface area contributed by atoms with Gasteiger partial charge in [0.05, 0.1) is 19.0 Å². The van der Waals surface area contributed by atoms with Crippen molar-refractivity contribution in [2.24, 2.45) is 5.92 Å². The summed E-state index contributed by atoms with van der Waals surface area (Å²) in [6.07, 6.45) is -0.838. The van der Waals surface area contributed by atoms with Gasteiger partial charge in [-0.1, -0.05) is 19.1 Å². The molecule has 2 atom stereocenters. The monoisotopic (exact) mass is 477 g/mol. The van der Waals surface area contributed by atoms with Crippen molar-refractivity contribution in [3.8, 4) is 17.2 Å². The lowest BCUT2D eigenvalue weighted by atomic mass is 9.94. The Hall–Kier alpha value is -3.11. The number of aliphatic hydroxyl groups excluding tert-OH is 1. The zero-order chi connectivity index (χ0) is 23.6. The number of hydrogen-bond donors (Lipinski definition) is 3. The highest BCUT2D eigenvalue weighted by molar-refractivity contribution is 7.81. The predicted molar refractivity (Wildman–Crippen MR) is 123 cm³/mol. The van der Waals surface area contributed by atoms with Crippen LogP contribution in [0.4, 0.5) is 10.5 Å². The molecule has 0 bridgehead atoms. The molecular formula is C23H27NO8S. The first-order chi connectivity index (χ1) is 16.0. The molecule has 178 valence electrons. The largest absolute Gasteiger partial charge is 0.491 e. The van der Waals surface area contributed by atoms with Gasteiger partial charge in [-0.25, -0.2) is 4.79 Å². The van der Waals surface area contributed by atoms with Gasteiger partial charge in [0.25, 0.3) is 0 Å². The fourth-order valence-electron chi connectivity index (χ4n) is 3.25. The molecular weight excluding hydrogens is 450 g/mol. The number of ether oxygens (including phenoxy) is 5. The number of aliphatic hydroxyl groups is 1. The van der Waals surface area contributed by atoms with Crippen LogP contribution in [0, 0.1) is 5.92 Å². The molecule has 33 heavy (non-hydrogen) atoms. The van der Waals surface area contributed by atoms with Gasteiger partial charge in [0.1, 0.15) is 18.5 Å². The third-order valence-electron chi connectivity index (χ3n) is 4.88. The lowest BCUT2D eigenvalue weighted by Gasteiger charge is -2.25. The van der Waals surface area contributed by atoms with Crippen molar-refractivity contribution in [1.29, 1.82) is 0 Å². The van der Waals surface area contributed by atoms with Crippen LogP contribution in [0.25, 0.3) is 0 Å². The molecule has 9 nitrogen and oxygen atoms in total. The highest BCUT2D eigenvalue weighted by Crippen LogP contribution is 2.35. The Morgan fingerprint density at radius 2 is 1.97 bits per heavy atom. The van der Waals surface area contributed by atoms with Crippen molar-refractivity contribution in [1.82, 2.24) is 0 Å². The number of benzene rings is 2. The average molecular weight is 478 g/mol. The predicted octanol–water partition coefficient (Wildman–Crippen LogP) is 3.58. The smallest absolute Gasteiger partial charge is 0.412 e. The van der Waals surface area contributed by atoms with Crippen LogP contribution in [0.2, 0.25) is 0 Å². The zero-order valence-corrected chi connectivity index (χ0v) is 19.1. The lowest BCUT2D eigenvalue weighted by Crippen LogP contribution is -2.23. The van der Waals surface area contributed by atoms with Gasteiger partial charge < -0.3 is 28.8 Å². The highest BCUT2D eigenvalue weighted by atomic mass is 32.1. The molecule has 1 heterocycles. The number of carbonyl (C=O) groups is 2. The van der Waals surface area contributed by atoms with Gasteiger partial charge in [-0.3, -0.25) is 10.1 Å². The maximum absolute atomic E-state index is 12.7. The maximum Gasteiger partial charge on any atom is 0.412 e. The number of carbonyl (C=O) groups excluding carboxylic acids is 2. The van der Waals surface area contributed by atoms with Crippen molar-refractivity contribution in [2.75, 3.05) is 37.7 Å². The zero-order valence-electron chi connectivity index (χ0n) is 18.2. The van der Waals surface area contributed by atoms with Crippen LogP contribution in [0.15, 0.2) is 42.5 Å². The summed E-state index contributed by atoms with van der Waals surface area (Å²) in [4.78, 5) is 24.1. The van der Waals surface area contributed by atoms with Crippen LogP contribution in [0.5, 0.6) is 17.2 Å². The molecule has 1 amide bonds. The molecule has 2 aromatic carbocycles. The average Bonchev–Trinajstić information content (AvgIpc) is 3.29. The second-order valence-electron chi connectivity index (χ2n) is 7.31. The summed E-state index contributed by atoms with van der Waals surface area (Å²) in [5.74, 6) is 1.08. The Labute approximate surface area is 197 Å². The van der Waals surface area contributed by atoms with Crippen molar-refractivity contribution in [3.63, 3.8) is 0 Å². The van der Waals surface area contributed by atoms with Gasteiger partial charge in [-0.15, -0.1) is 0 Å². The molecule has 1 aliphatic rings. The van der Waals surface area contributed by atoms with Crippen LogP contribution >= 0.6 is 12.6 Å². The lowest BCUT2D eigenvalue weighted by molar-refractivity contribution is -0.141. The van der Waals surface area contributed by atoms with E-state index in [2.05, 4.69) is 17.9 Å².